The van der Waals surface area contributed by atoms with E-state index in [1.807, 2.05) is 35.9 Å². The van der Waals surface area contributed by atoms with Gasteiger partial charge in [0.25, 0.3) is 0 Å². The molecule has 4 aliphatic carbocycles. The number of thioether (sulfide) groups is 1. The minimum atomic E-state index is -2.19. The number of hydrogen-bond acceptors (Lipinski definition) is 6. The van der Waals surface area contributed by atoms with E-state index in [4.69, 9.17) is 11.6 Å². The number of aliphatic hydroxyl groups excluding tert-OH is 1. The predicted molar refractivity (Wildman–Crippen MR) is 165 cm³/mol. The number of hydrogen-bond donors (Lipinski definition) is 1. The first-order valence-corrected chi connectivity index (χ1v) is 16.5. The van der Waals surface area contributed by atoms with E-state index in [1.165, 1.54) is 18.2 Å². The Balaban J connectivity index is 1.49. The van der Waals surface area contributed by atoms with Gasteiger partial charge in [0, 0.05) is 41.8 Å². The lowest BCUT2D eigenvalue weighted by atomic mass is 9.45. The number of rotatable bonds is 8. The lowest BCUT2D eigenvalue weighted by molar-refractivity contribution is -0.201. The maximum absolute atomic E-state index is 17.6. The fourth-order valence-electron chi connectivity index (χ4n) is 8.56. The number of carbonyl (C=O) groups is 3. The fraction of sp³-hybridized carbons (Fsp3) is 0.594. The summed E-state index contributed by atoms with van der Waals surface area (Å²) in [5, 5.41) is 12.1. The Morgan fingerprint density at radius 3 is 2.55 bits per heavy atom. The van der Waals surface area contributed by atoms with Crippen LogP contribution in [-0.4, -0.2) is 56.7 Å². The molecule has 3 saturated carbocycles. The molecule has 5 nitrogen and oxygen atoms in total. The monoisotopic (exact) mass is 637 g/mol. The van der Waals surface area contributed by atoms with E-state index in [0.29, 0.717) is 31.0 Å². The van der Waals surface area contributed by atoms with E-state index in [-0.39, 0.29) is 52.7 Å². The largest absolute Gasteiger partial charge is 0.390 e. The molecule has 10 atom stereocenters. The van der Waals surface area contributed by atoms with Gasteiger partial charge < -0.3 is 5.11 Å². The number of nitrogens with zero attached hydrogens (tertiary/aromatic N) is 1. The van der Waals surface area contributed by atoms with Gasteiger partial charge in [-0.05, 0) is 78.9 Å². The van der Waals surface area contributed by atoms with Crippen molar-refractivity contribution in [1.29, 1.82) is 0 Å². The Kier molecular flexibility index (Phi) is 8.99. The normalized spacial score (nSPS) is 39.0. The topological polar surface area (TPSA) is 74.7 Å². The lowest BCUT2D eigenvalue weighted by Gasteiger charge is -2.62. The maximum atomic E-state index is 17.6. The second-order valence-electron chi connectivity index (χ2n) is 13.0. The van der Waals surface area contributed by atoms with Crippen molar-refractivity contribution in [2.45, 2.75) is 70.9 Å². The van der Waals surface area contributed by atoms with Crippen LogP contribution in [0.3, 0.4) is 0 Å². The van der Waals surface area contributed by atoms with Crippen molar-refractivity contribution in [3.63, 3.8) is 0 Å². The number of benzene rings is 1. The second kappa shape index (κ2) is 11.8. The van der Waals surface area contributed by atoms with E-state index in [2.05, 4.69) is 9.39 Å². The first-order chi connectivity index (χ1) is 19.7. The minimum Gasteiger partial charge on any atom is -0.390 e. The van der Waals surface area contributed by atoms with Gasteiger partial charge in [0.1, 0.15) is 12.0 Å². The Morgan fingerprint density at radius 2 is 1.88 bits per heavy atom. The van der Waals surface area contributed by atoms with Crippen molar-refractivity contribution in [3.8, 4) is 0 Å². The highest BCUT2D eigenvalue weighted by Gasteiger charge is 2.73. The maximum Gasteiger partial charge on any atom is 0.193 e. The number of Topliss-reactive ketones (excluding diaryl/α,β-unsaturated/α-hetero) is 1. The van der Waals surface area contributed by atoms with Crippen LogP contribution in [0.1, 0.15) is 52.0 Å². The van der Waals surface area contributed by atoms with Gasteiger partial charge in [-0.2, -0.15) is 0 Å². The highest BCUT2D eigenvalue weighted by atomic mass is 35.5. The first-order valence-electron chi connectivity index (χ1n) is 14.6. The molecule has 0 radical (unpaired) electrons. The van der Waals surface area contributed by atoms with Gasteiger partial charge in [0.2, 0.25) is 0 Å². The zero-order valence-electron chi connectivity index (χ0n) is 24.2. The van der Waals surface area contributed by atoms with Gasteiger partial charge in [-0.1, -0.05) is 64.8 Å². The second-order valence-corrected chi connectivity index (χ2v) is 15.1. The van der Waals surface area contributed by atoms with Crippen molar-refractivity contribution in [3.05, 3.63) is 58.7 Å². The molecule has 0 amide bonds. The first kappa shape index (κ1) is 32.0. The van der Waals surface area contributed by atoms with Gasteiger partial charge in [0.15, 0.2) is 16.6 Å². The van der Waals surface area contributed by atoms with E-state index in [0.717, 1.165) is 17.3 Å². The number of alkyl halides is 2. The third-order valence-electron chi connectivity index (χ3n) is 10.6. The average molecular weight is 638 g/mol. The summed E-state index contributed by atoms with van der Waals surface area (Å²) >= 11 is 7.06. The average Bonchev–Trinajstić information content (AvgIpc) is 3.22. The van der Waals surface area contributed by atoms with Crippen LogP contribution in [0, 0.1) is 34.5 Å². The fourth-order valence-corrected chi connectivity index (χ4v) is 10.3. The quantitative estimate of drug-likeness (QED) is 0.336. The summed E-state index contributed by atoms with van der Waals surface area (Å²) in [7, 11) is 2.73. The lowest BCUT2D eigenvalue weighted by Crippen LogP contribution is -2.68. The molecule has 10 heteroatoms. The van der Waals surface area contributed by atoms with E-state index in [1.54, 1.807) is 13.8 Å². The summed E-state index contributed by atoms with van der Waals surface area (Å²) in [5.41, 5.74) is -3.32. The molecule has 5 rings (SSSR count). The van der Waals surface area contributed by atoms with Gasteiger partial charge >= 0.3 is 0 Å². The van der Waals surface area contributed by atoms with Gasteiger partial charge in [0.05, 0.1) is 11.9 Å². The zero-order valence-corrected chi connectivity index (χ0v) is 26.9. The van der Waals surface area contributed by atoms with Crippen LogP contribution in [0.4, 0.5) is 8.78 Å². The molecular weight excluding hydrogens is 599 g/mol. The van der Waals surface area contributed by atoms with Gasteiger partial charge in [-0.3, -0.25) is 19.1 Å². The Morgan fingerprint density at radius 1 is 1.19 bits per heavy atom. The van der Waals surface area contributed by atoms with E-state index < -0.39 is 40.6 Å². The van der Waals surface area contributed by atoms with Crippen molar-refractivity contribution >= 4 is 49.4 Å². The highest BCUT2D eigenvalue weighted by molar-refractivity contribution is 8.14. The highest BCUT2D eigenvalue weighted by Crippen LogP contribution is 2.70. The summed E-state index contributed by atoms with van der Waals surface area (Å²) in [6.45, 7) is 6.38. The Bertz CT molecular complexity index is 1330. The van der Waals surface area contributed by atoms with Crippen LogP contribution in [0.15, 0.2) is 48.1 Å². The summed E-state index contributed by atoms with van der Waals surface area (Å²) < 4.78 is 35.5. The van der Waals surface area contributed by atoms with Crippen LogP contribution < -0.4 is 0 Å². The van der Waals surface area contributed by atoms with Crippen molar-refractivity contribution in [1.82, 2.24) is 4.67 Å². The van der Waals surface area contributed by atoms with Gasteiger partial charge in [-0.25, -0.2) is 8.78 Å². The molecule has 3 fully saturated rings. The van der Waals surface area contributed by atoms with Crippen LogP contribution in [0.25, 0.3) is 0 Å². The van der Waals surface area contributed by atoms with Crippen molar-refractivity contribution < 1.29 is 28.3 Å². The molecule has 10 unspecified atom stereocenters. The molecule has 228 valence electrons. The SMILES string of the molecule is CCC(=O)CSC(=O)C1C(CN(P)Cc2ccc(Cl)cc2)CC2C3CC(F)C4=CC(=O)C=CC4(C)C3(F)C(O)CC21C. The third-order valence-corrected chi connectivity index (χ3v) is 12.2. The van der Waals surface area contributed by atoms with E-state index >= 15 is 8.78 Å². The molecule has 0 heterocycles. The van der Waals surface area contributed by atoms with Crippen molar-refractivity contribution in [2.24, 2.45) is 34.5 Å². The number of ketones is 2. The number of allylic oxidation sites excluding steroid dienone is 4. The van der Waals surface area contributed by atoms with Crippen LogP contribution in [0.5, 0.6) is 0 Å². The number of fused-ring (bicyclic) bond motifs is 5. The molecular formula is C32H39ClF2NO4PS. The smallest absolute Gasteiger partial charge is 0.193 e. The molecule has 1 N–H and O–H groups in total. The Labute approximate surface area is 258 Å². The molecule has 0 bridgehead atoms. The zero-order chi connectivity index (χ0) is 30.6. The molecule has 42 heavy (non-hydrogen) atoms. The molecule has 0 aliphatic heterocycles. The molecule has 0 aromatic heterocycles. The number of carbonyl (C=O) groups excluding carboxylic acids is 3. The predicted octanol–water partition coefficient (Wildman–Crippen LogP) is 6.33. The van der Waals surface area contributed by atoms with E-state index in [9.17, 15) is 19.5 Å². The molecule has 1 aromatic carbocycles. The summed E-state index contributed by atoms with van der Waals surface area (Å²) in [6, 6.07) is 7.53. The van der Waals surface area contributed by atoms with Crippen LogP contribution in [0.2, 0.25) is 5.02 Å². The summed E-state index contributed by atoms with van der Waals surface area (Å²) in [6.07, 6.45) is 1.63. The minimum absolute atomic E-state index is 0.0232. The number of halogens is 3. The van der Waals surface area contributed by atoms with Crippen molar-refractivity contribution in [2.75, 3.05) is 12.3 Å². The summed E-state index contributed by atoms with van der Waals surface area (Å²) in [5.74, 6) is -2.29. The third kappa shape index (κ3) is 5.27. The molecule has 4 aliphatic rings. The summed E-state index contributed by atoms with van der Waals surface area (Å²) in [4.78, 5) is 38.2. The van der Waals surface area contributed by atoms with Gasteiger partial charge in [-0.15, -0.1) is 0 Å². The molecule has 0 spiro atoms. The Hall–Kier alpha value is -1.44. The van der Waals surface area contributed by atoms with Crippen LogP contribution >= 0.6 is 32.8 Å². The molecule has 0 saturated heterocycles. The number of aliphatic hydroxyl groups is 1. The molecule has 1 aromatic rings. The standard InChI is InChI=1S/C32H39ClF2NO4PS/c1-4-21(37)17-42-29(40)28-19(16-36(41)15-18-5-7-20(33)8-6-18)11-23-24-13-26(34)25-12-22(38)9-10-31(25,3)32(24,35)27(39)14-30(23,28)2/h5-10,12,19,23-24,26-28,39H,4,11,13-17,41H2,1-3H3. The van der Waals surface area contributed by atoms with Crippen LogP contribution in [-0.2, 0) is 20.9 Å².